The van der Waals surface area contributed by atoms with Gasteiger partial charge in [-0.15, -0.1) is 0 Å². The molecule has 0 spiro atoms. The van der Waals surface area contributed by atoms with E-state index in [1.165, 1.54) is 5.56 Å². The number of benzene rings is 1. The molecule has 4 nitrogen and oxygen atoms in total. The van der Waals surface area contributed by atoms with Crippen molar-refractivity contribution < 1.29 is 4.79 Å². The van der Waals surface area contributed by atoms with Crippen molar-refractivity contribution in [3.8, 4) is 6.07 Å². The largest absolute Gasteiger partial charge is 0.351 e. The number of nitrogens with zero attached hydrogens (tertiary/aromatic N) is 2. The van der Waals surface area contributed by atoms with Crippen LogP contribution in [0.25, 0.3) is 0 Å². The van der Waals surface area contributed by atoms with E-state index in [-0.39, 0.29) is 17.9 Å². The summed E-state index contributed by atoms with van der Waals surface area (Å²) in [6, 6.07) is 12.2. The van der Waals surface area contributed by atoms with Gasteiger partial charge in [0.25, 0.3) is 5.91 Å². The second-order valence-corrected chi connectivity index (χ2v) is 5.13. The van der Waals surface area contributed by atoms with Crippen molar-refractivity contribution >= 4 is 11.6 Å². The predicted molar refractivity (Wildman–Crippen MR) is 78.4 cm³/mol. The van der Waals surface area contributed by atoms with Gasteiger partial charge in [-0.2, -0.15) is 5.26 Å². The molecule has 1 aromatic carbocycles. The van der Waals surface area contributed by atoms with Crippen LogP contribution in [-0.4, -0.2) is 24.2 Å². The molecule has 1 heterocycles. The molecule has 1 amide bonds. The molecule has 1 aliphatic heterocycles. The highest BCUT2D eigenvalue weighted by Crippen LogP contribution is 2.14. The molecule has 1 aromatic rings. The summed E-state index contributed by atoms with van der Waals surface area (Å²) in [4.78, 5) is 16.5. The van der Waals surface area contributed by atoms with Gasteiger partial charge in [0.1, 0.15) is 5.71 Å². The Morgan fingerprint density at radius 1 is 1.45 bits per heavy atom. The molecular formula is C16H19N3O. The molecule has 0 radical (unpaired) electrons. The summed E-state index contributed by atoms with van der Waals surface area (Å²) in [6.45, 7) is 2.61. The molecule has 2 rings (SSSR count). The summed E-state index contributed by atoms with van der Waals surface area (Å²) in [5, 5.41) is 12.0. The average Bonchev–Trinajstić information content (AvgIpc) is 2.62. The number of hydrogen-bond donors (Lipinski definition) is 1. The molecule has 2 atom stereocenters. The SMILES string of the molecule is C[C@H](Cc1ccccc1)N=C1C(=O)NCCCC1C#N. The van der Waals surface area contributed by atoms with Gasteiger partial charge in [-0.05, 0) is 31.7 Å². The highest BCUT2D eigenvalue weighted by atomic mass is 16.1. The van der Waals surface area contributed by atoms with E-state index in [0.717, 1.165) is 12.8 Å². The van der Waals surface area contributed by atoms with Crippen molar-refractivity contribution in [3.05, 3.63) is 35.9 Å². The van der Waals surface area contributed by atoms with Crippen molar-refractivity contribution in [2.45, 2.75) is 32.2 Å². The molecule has 1 unspecified atom stereocenters. The first-order chi connectivity index (χ1) is 9.70. The maximum absolute atomic E-state index is 12.0. The van der Waals surface area contributed by atoms with E-state index in [1.54, 1.807) is 0 Å². The lowest BCUT2D eigenvalue weighted by Gasteiger charge is -2.12. The Kier molecular flexibility index (Phi) is 4.89. The lowest BCUT2D eigenvalue weighted by Crippen LogP contribution is -2.33. The van der Waals surface area contributed by atoms with Crippen molar-refractivity contribution in [1.29, 1.82) is 5.26 Å². The number of aliphatic imine (C=N–C) groups is 1. The van der Waals surface area contributed by atoms with E-state index in [2.05, 4.69) is 16.4 Å². The number of rotatable bonds is 3. The normalized spacial score (nSPS) is 22.7. The third-order valence-corrected chi connectivity index (χ3v) is 3.41. The quantitative estimate of drug-likeness (QED) is 0.913. The number of hydrogen-bond acceptors (Lipinski definition) is 3. The Hall–Kier alpha value is -2.15. The van der Waals surface area contributed by atoms with Crippen LogP contribution in [0.2, 0.25) is 0 Å². The van der Waals surface area contributed by atoms with Crippen molar-refractivity contribution in [1.82, 2.24) is 5.32 Å². The van der Waals surface area contributed by atoms with Crippen LogP contribution in [0.4, 0.5) is 0 Å². The Balaban J connectivity index is 2.13. The molecule has 1 fully saturated rings. The molecule has 1 N–H and O–H groups in total. The number of nitrogens with one attached hydrogen (secondary N) is 1. The fourth-order valence-corrected chi connectivity index (χ4v) is 2.41. The minimum absolute atomic E-state index is 0.00731. The van der Waals surface area contributed by atoms with Gasteiger partial charge in [0.2, 0.25) is 0 Å². The second-order valence-electron chi connectivity index (χ2n) is 5.13. The van der Waals surface area contributed by atoms with Crippen LogP contribution in [0.15, 0.2) is 35.3 Å². The molecule has 1 saturated heterocycles. The van der Waals surface area contributed by atoms with Gasteiger partial charge in [0, 0.05) is 6.54 Å². The molecule has 0 saturated carbocycles. The van der Waals surface area contributed by atoms with Crippen molar-refractivity contribution in [3.63, 3.8) is 0 Å². The molecule has 104 valence electrons. The van der Waals surface area contributed by atoms with Gasteiger partial charge in [0.15, 0.2) is 0 Å². The summed E-state index contributed by atoms with van der Waals surface area (Å²) in [6.07, 6.45) is 2.30. The van der Waals surface area contributed by atoms with E-state index in [4.69, 9.17) is 0 Å². The van der Waals surface area contributed by atoms with Gasteiger partial charge >= 0.3 is 0 Å². The Bertz CT molecular complexity index is 530. The van der Waals surface area contributed by atoms with Crippen molar-refractivity contribution in [2.24, 2.45) is 10.9 Å². The lowest BCUT2D eigenvalue weighted by atomic mass is 9.99. The fourth-order valence-electron chi connectivity index (χ4n) is 2.41. The standard InChI is InChI=1S/C16H19N3O/c1-12(10-13-6-3-2-4-7-13)19-15-14(11-17)8-5-9-18-16(15)20/h2-4,6-7,12,14H,5,8-10H2,1H3,(H,18,20)/t12-,14?/m1/s1. The average molecular weight is 269 g/mol. The van der Waals surface area contributed by atoms with Gasteiger partial charge in [-0.25, -0.2) is 0 Å². The summed E-state index contributed by atoms with van der Waals surface area (Å²) < 4.78 is 0. The first-order valence-electron chi connectivity index (χ1n) is 7.00. The summed E-state index contributed by atoms with van der Waals surface area (Å²) in [5.74, 6) is -0.565. The number of carbonyl (C=O) groups excluding carboxylic acids is 1. The van der Waals surface area contributed by atoms with Crippen LogP contribution in [0.5, 0.6) is 0 Å². The van der Waals surface area contributed by atoms with Crippen LogP contribution in [-0.2, 0) is 11.2 Å². The summed E-state index contributed by atoms with van der Waals surface area (Å²) in [7, 11) is 0. The number of carbonyl (C=O) groups is 1. The molecule has 0 bridgehead atoms. The molecule has 0 aromatic heterocycles. The fraction of sp³-hybridized carbons (Fsp3) is 0.438. The summed E-state index contributed by atoms with van der Waals surface area (Å²) in [5.41, 5.74) is 1.58. The van der Waals surface area contributed by atoms with Crippen molar-refractivity contribution in [2.75, 3.05) is 6.54 Å². The predicted octanol–water partition coefficient (Wildman–Crippen LogP) is 2.11. The van der Waals surface area contributed by atoms with E-state index < -0.39 is 0 Å². The lowest BCUT2D eigenvalue weighted by molar-refractivity contribution is -0.114. The zero-order valence-electron chi connectivity index (χ0n) is 11.7. The molecule has 20 heavy (non-hydrogen) atoms. The van der Waals surface area contributed by atoms with Gasteiger partial charge < -0.3 is 5.32 Å². The monoisotopic (exact) mass is 269 g/mol. The van der Waals surface area contributed by atoms with Crippen LogP contribution in [0, 0.1) is 17.2 Å². The van der Waals surface area contributed by atoms with Gasteiger partial charge in [0.05, 0.1) is 18.0 Å². The van der Waals surface area contributed by atoms with Crippen LogP contribution < -0.4 is 5.32 Å². The number of amides is 1. The zero-order valence-corrected chi connectivity index (χ0v) is 11.7. The second kappa shape index (κ2) is 6.85. The first kappa shape index (κ1) is 14.3. The maximum Gasteiger partial charge on any atom is 0.266 e. The topological polar surface area (TPSA) is 65.2 Å². The Labute approximate surface area is 119 Å². The van der Waals surface area contributed by atoms with Gasteiger partial charge in [-0.3, -0.25) is 9.79 Å². The Morgan fingerprint density at radius 2 is 2.20 bits per heavy atom. The third kappa shape index (κ3) is 3.67. The minimum Gasteiger partial charge on any atom is -0.351 e. The van der Waals surface area contributed by atoms with Gasteiger partial charge in [-0.1, -0.05) is 30.3 Å². The van der Waals surface area contributed by atoms with Crippen LogP contribution in [0.3, 0.4) is 0 Å². The highest BCUT2D eigenvalue weighted by molar-refractivity contribution is 6.40. The molecule has 1 aliphatic rings. The Morgan fingerprint density at radius 3 is 2.90 bits per heavy atom. The summed E-state index contributed by atoms with van der Waals surface area (Å²) >= 11 is 0. The molecule has 0 aliphatic carbocycles. The van der Waals surface area contributed by atoms with E-state index >= 15 is 0 Å². The van der Waals surface area contributed by atoms with E-state index in [1.807, 2.05) is 37.3 Å². The highest BCUT2D eigenvalue weighted by Gasteiger charge is 2.25. The van der Waals surface area contributed by atoms with Crippen LogP contribution in [0.1, 0.15) is 25.3 Å². The minimum atomic E-state index is -0.379. The van der Waals surface area contributed by atoms with E-state index in [0.29, 0.717) is 18.7 Å². The van der Waals surface area contributed by atoms with E-state index in [9.17, 15) is 10.1 Å². The zero-order chi connectivity index (χ0) is 14.4. The van der Waals surface area contributed by atoms with Crippen LogP contribution >= 0.6 is 0 Å². The first-order valence-corrected chi connectivity index (χ1v) is 7.00. The maximum atomic E-state index is 12.0. The molecular weight excluding hydrogens is 250 g/mol. The molecule has 4 heteroatoms. The third-order valence-electron chi connectivity index (χ3n) is 3.41. The number of nitriles is 1. The smallest absolute Gasteiger partial charge is 0.266 e.